The van der Waals surface area contributed by atoms with Crippen molar-refractivity contribution in [1.82, 2.24) is 25.0 Å². The molecule has 0 spiro atoms. The minimum atomic E-state index is -0.290. The van der Waals surface area contributed by atoms with Crippen LogP contribution in [-0.2, 0) is 0 Å². The van der Waals surface area contributed by atoms with Crippen molar-refractivity contribution in [2.75, 3.05) is 6.61 Å². The van der Waals surface area contributed by atoms with Crippen LogP contribution in [0.25, 0.3) is 11.2 Å². The highest BCUT2D eigenvalue weighted by atomic mass is 16.3. The van der Waals surface area contributed by atoms with E-state index in [2.05, 4.69) is 20.3 Å². The van der Waals surface area contributed by atoms with Gasteiger partial charge in [-0.3, -0.25) is 4.79 Å². The Bertz CT molecular complexity index is 629. The molecule has 0 saturated heterocycles. The zero-order chi connectivity index (χ0) is 11.8. The lowest BCUT2D eigenvalue weighted by Crippen LogP contribution is -2.11. The highest BCUT2D eigenvalue weighted by molar-refractivity contribution is 5.67. The minimum Gasteiger partial charge on any atom is -0.396 e. The summed E-state index contributed by atoms with van der Waals surface area (Å²) in [6, 6.07) is 0.00597. The predicted molar refractivity (Wildman–Crippen MR) is 59.3 cm³/mol. The molecular formula is C10H11N5O2. The van der Waals surface area contributed by atoms with Gasteiger partial charge in [0.05, 0.1) is 12.4 Å². The van der Waals surface area contributed by atoms with Crippen LogP contribution in [0.4, 0.5) is 0 Å². The largest absolute Gasteiger partial charge is 0.396 e. The number of aromatic amines is 1. The van der Waals surface area contributed by atoms with Crippen LogP contribution in [-0.4, -0.2) is 36.7 Å². The Kier molecular flexibility index (Phi) is 2.25. The number of nitrogens with zero attached hydrogens (tertiary/aromatic N) is 4. The zero-order valence-corrected chi connectivity index (χ0v) is 8.95. The normalized spacial score (nSPS) is 23.6. The Balaban J connectivity index is 2.05. The Morgan fingerprint density at radius 3 is 3.18 bits per heavy atom. The van der Waals surface area contributed by atoms with E-state index in [-0.39, 0.29) is 29.6 Å². The van der Waals surface area contributed by atoms with Gasteiger partial charge in [-0.25, -0.2) is 9.67 Å². The van der Waals surface area contributed by atoms with E-state index < -0.39 is 0 Å². The van der Waals surface area contributed by atoms with Crippen LogP contribution in [0.3, 0.4) is 0 Å². The minimum absolute atomic E-state index is 0.00597. The molecule has 17 heavy (non-hydrogen) atoms. The molecule has 1 aliphatic rings. The molecule has 0 aromatic carbocycles. The Morgan fingerprint density at radius 1 is 1.53 bits per heavy atom. The van der Waals surface area contributed by atoms with Gasteiger partial charge in [-0.2, -0.15) is 0 Å². The van der Waals surface area contributed by atoms with Gasteiger partial charge in [0, 0.05) is 12.5 Å². The number of rotatable bonds is 2. The molecule has 0 unspecified atom stereocenters. The molecule has 0 fully saturated rings. The van der Waals surface area contributed by atoms with E-state index in [0.717, 1.165) is 6.42 Å². The summed E-state index contributed by atoms with van der Waals surface area (Å²) in [5.74, 6) is 0.140. The molecule has 88 valence electrons. The van der Waals surface area contributed by atoms with Crippen molar-refractivity contribution in [2.24, 2.45) is 5.92 Å². The molecule has 2 heterocycles. The first-order valence-electron chi connectivity index (χ1n) is 5.37. The van der Waals surface area contributed by atoms with Crippen LogP contribution >= 0.6 is 0 Å². The van der Waals surface area contributed by atoms with E-state index >= 15 is 0 Å². The standard InChI is InChI=1S/C10H11N5O2/c16-4-6-1-2-7(3-6)15-9-8(13-14-15)10(17)12-5-11-9/h1-2,5-7,16H,3-4H2,(H,11,12,17)/t6-,7+/m0/s1. The lowest BCUT2D eigenvalue weighted by molar-refractivity contribution is 0.243. The summed E-state index contributed by atoms with van der Waals surface area (Å²) in [6.45, 7) is 0.119. The van der Waals surface area contributed by atoms with Gasteiger partial charge in [-0.1, -0.05) is 17.4 Å². The van der Waals surface area contributed by atoms with Crippen LogP contribution < -0.4 is 5.56 Å². The molecule has 0 amide bonds. The summed E-state index contributed by atoms with van der Waals surface area (Å²) in [5.41, 5.74) is 0.428. The number of allylic oxidation sites excluding steroid dienone is 1. The molecule has 7 heteroatoms. The molecule has 0 saturated carbocycles. The summed E-state index contributed by atoms with van der Waals surface area (Å²) in [5, 5.41) is 16.9. The van der Waals surface area contributed by atoms with Gasteiger partial charge in [0.15, 0.2) is 11.2 Å². The quantitative estimate of drug-likeness (QED) is 0.689. The van der Waals surface area contributed by atoms with Gasteiger partial charge < -0.3 is 10.1 Å². The zero-order valence-electron chi connectivity index (χ0n) is 8.95. The van der Waals surface area contributed by atoms with Gasteiger partial charge in [0.25, 0.3) is 5.56 Å². The molecule has 0 bridgehead atoms. The molecule has 2 atom stereocenters. The summed E-state index contributed by atoms with van der Waals surface area (Å²) < 4.78 is 1.62. The van der Waals surface area contributed by atoms with Gasteiger partial charge in [0.1, 0.15) is 0 Å². The van der Waals surface area contributed by atoms with Gasteiger partial charge in [-0.15, -0.1) is 5.10 Å². The maximum Gasteiger partial charge on any atom is 0.280 e. The smallest absolute Gasteiger partial charge is 0.280 e. The van der Waals surface area contributed by atoms with Crippen molar-refractivity contribution in [3.8, 4) is 0 Å². The number of aliphatic hydroxyl groups excluding tert-OH is 1. The Hall–Kier alpha value is -2.02. The molecule has 0 radical (unpaired) electrons. The number of fused-ring (bicyclic) bond motifs is 1. The fourth-order valence-corrected chi connectivity index (χ4v) is 2.07. The van der Waals surface area contributed by atoms with Crippen molar-refractivity contribution in [2.45, 2.75) is 12.5 Å². The summed E-state index contributed by atoms with van der Waals surface area (Å²) in [7, 11) is 0. The first-order chi connectivity index (χ1) is 8.29. The predicted octanol–water partition coefficient (Wildman–Crippen LogP) is -0.376. The average Bonchev–Trinajstić information content (AvgIpc) is 2.94. The van der Waals surface area contributed by atoms with Crippen LogP contribution in [0, 0.1) is 5.92 Å². The van der Waals surface area contributed by atoms with Gasteiger partial charge in [-0.05, 0) is 6.42 Å². The van der Waals surface area contributed by atoms with Crippen LogP contribution in [0.15, 0.2) is 23.3 Å². The molecule has 7 nitrogen and oxygen atoms in total. The molecule has 2 N–H and O–H groups in total. The van der Waals surface area contributed by atoms with Gasteiger partial charge in [0.2, 0.25) is 0 Å². The SMILES string of the molecule is O=c1[nH]cnc2c1nnn2[C@@H]1C=C[C@H](CO)C1. The second-order valence-electron chi connectivity index (χ2n) is 4.07. The van der Waals surface area contributed by atoms with E-state index in [4.69, 9.17) is 5.11 Å². The second-order valence-corrected chi connectivity index (χ2v) is 4.07. The highest BCUT2D eigenvalue weighted by Crippen LogP contribution is 2.27. The van der Waals surface area contributed by atoms with Crippen molar-refractivity contribution >= 4 is 11.2 Å². The van der Waals surface area contributed by atoms with E-state index in [1.807, 2.05) is 12.2 Å². The molecule has 2 aromatic rings. The Morgan fingerprint density at radius 2 is 2.41 bits per heavy atom. The third-order valence-electron chi connectivity index (χ3n) is 2.97. The number of aromatic nitrogens is 5. The maximum absolute atomic E-state index is 11.5. The lowest BCUT2D eigenvalue weighted by Gasteiger charge is -2.09. The van der Waals surface area contributed by atoms with E-state index in [9.17, 15) is 4.79 Å². The summed E-state index contributed by atoms with van der Waals surface area (Å²) >= 11 is 0. The number of nitrogens with one attached hydrogen (secondary N) is 1. The topological polar surface area (TPSA) is 96.7 Å². The van der Waals surface area contributed by atoms with Crippen molar-refractivity contribution in [1.29, 1.82) is 0 Å². The van der Waals surface area contributed by atoms with Crippen molar-refractivity contribution in [3.63, 3.8) is 0 Å². The molecule has 3 rings (SSSR count). The number of hydrogen-bond donors (Lipinski definition) is 2. The lowest BCUT2D eigenvalue weighted by atomic mass is 10.1. The second kappa shape index (κ2) is 3.77. The molecule has 1 aliphatic carbocycles. The van der Waals surface area contributed by atoms with E-state index in [1.54, 1.807) is 4.68 Å². The van der Waals surface area contributed by atoms with Crippen LogP contribution in [0.5, 0.6) is 0 Å². The molecule has 2 aromatic heterocycles. The van der Waals surface area contributed by atoms with E-state index in [1.165, 1.54) is 6.33 Å². The number of aliphatic hydroxyl groups is 1. The third-order valence-corrected chi connectivity index (χ3v) is 2.97. The maximum atomic E-state index is 11.5. The average molecular weight is 233 g/mol. The van der Waals surface area contributed by atoms with Crippen molar-refractivity contribution in [3.05, 3.63) is 28.8 Å². The number of hydrogen-bond acceptors (Lipinski definition) is 5. The monoisotopic (exact) mass is 233 g/mol. The van der Waals surface area contributed by atoms with Crippen LogP contribution in [0.1, 0.15) is 12.5 Å². The van der Waals surface area contributed by atoms with Crippen LogP contribution in [0.2, 0.25) is 0 Å². The third kappa shape index (κ3) is 1.55. The Labute approximate surface area is 95.8 Å². The summed E-state index contributed by atoms with van der Waals surface area (Å²) in [6.07, 6.45) is 6.00. The molecule has 0 aliphatic heterocycles. The van der Waals surface area contributed by atoms with Gasteiger partial charge >= 0.3 is 0 Å². The number of H-pyrrole nitrogens is 1. The first-order valence-corrected chi connectivity index (χ1v) is 5.37. The summed E-state index contributed by atoms with van der Waals surface area (Å²) in [4.78, 5) is 18.0. The highest BCUT2D eigenvalue weighted by Gasteiger charge is 2.23. The fourth-order valence-electron chi connectivity index (χ4n) is 2.07. The fraction of sp³-hybridized carbons (Fsp3) is 0.400. The molecular weight excluding hydrogens is 222 g/mol. The van der Waals surface area contributed by atoms with Crippen molar-refractivity contribution < 1.29 is 5.11 Å². The first kappa shape index (κ1) is 10.2. The van der Waals surface area contributed by atoms with E-state index in [0.29, 0.717) is 5.65 Å².